The molecule has 2 fully saturated rings. The number of nitrogens with one attached hydrogen (secondary N) is 1. The molecule has 1 aromatic rings. The van der Waals surface area contributed by atoms with Crippen LogP contribution in [0, 0.1) is 5.82 Å². The number of carbonyl (C=O) groups excluding carboxylic acids is 2. The van der Waals surface area contributed by atoms with Gasteiger partial charge in [0.2, 0.25) is 11.8 Å². The van der Waals surface area contributed by atoms with Crippen LogP contribution in [-0.4, -0.2) is 55.3 Å². The lowest BCUT2D eigenvalue weighted by Gasteiger charge is -2.37. The van der Waals surface area contributed by atoms with E-state index >= 15 is 0 Å². The number of benzene rings is 1. The first kappa shape index (κ1) is 17.8. The van der Waals surface area contributed by atoms with Crippen LogP contribution < -0.4 is 5.32 Å². The lowest BCUT2D eigenvalue weighted by molar-refractivity contribution is -0.187. The minimum atomic E-state index is -0.529. The molecular formula is C18H23FN2O4. The average Bonchev–Trinajstić information content (AvgIpc) is 3.05. The summed E-state index contributed by atoms with van der Waals surface area (Å²) in [4.78, 5) is 25.8. The number of piperidine rings is 1. The van der Waals surface area contributed by atoms with Crippen molar-refractivity contribution >= 4 is 11.8 Å². The summed E-state index contributed by atoms with van der Waals surface area (Å²) in [6.07, 6.45) is 1.47. The second kappa shape index (κ2) is 7.93. The molecule has 7 heteroatoms. The Bertz CT molecular complexity index is 621. The SMILES string of the molecule is O=C(CC(=O)N1CCC2(CC1)OCCO2)NCCc1ccccc1F. The zero-order valence-electron chi connectivity index (χ0n) is 14.1. The summed E-state index contributed by atoms with van der Waals surface area (Å²) < 4.78 is 24.7. The summed E-state index contributed by atoms with van der Waals surface area (Å²) >= 11 is 0. The van der Waals surface area contributed by atoms with Crippen LogP contribution in [0.2, 0.25) is 0 Å². The molecule has 0 aliphatic carbocycles. The van der Waals surface area contributed by atoms with Gasteiger partial charge in [-0.05, 0) is 18.1 Å². The van der Waals surface area contributed by atoms with E-state index < -0.39 is 5.79 Å². The van der Waals surface area contributed by atoms with E-state index in [1.165, 1.54) is 6.07 Å². The van der Waals surface area contributed by atoms with Gasteiger partial charge in [-0.3, -0.25) is 9.59 Å². The third kappa shape index (κ3) is 4.55. The summed E-state index contributed by atoms with van der Waals surface area (Å²) in [6.45, 7) is 2.55. The van der Waals surface area contributed by atoms with E-state index in [0.717, 1.165) is 0 Å². The molecule has 0 radical (unpaired) electrons. The van der Waals surface area contributed by atoms with Crippen LogP contribution >= 0.6 is 0 Å². The van der Waals surface area contributed by atoms with Gasteiger partial charge in [-0.25, -0.2) is 4.39 Å². The fourth-order valence-electron chi connectivity index (χ4n) is 3.23. The highest BCUT2D eigenvalue weighted by Gasteiger charge is 2.40. The van der Waals surface area contributed by atoms with Crippen molar-refractivity contribution < 1.29 is 23.5 Å². The lowest BCUT2D eigenvalue weighted by atomic mass is 10.0. The molecule has 0 saturated carbocycles. The van der Waals surface area contributed by atoms with Crippen LogP contribution in [0.25, 0.3) is 0 Å². The average molecular weight is 350 g/mol. The Labute approximate surface area is 146 Å². The number of amides is 2. The minimum absolute atomic E-state index is 0.189. The molecule has 136 valence electrons. The first-order valence-corrected chi connectivity index (χ1v) is 8.64. The Balaban J connectivity index is 1.38. The van der Waals surface area contributed by atoms with Gasteiger partial charge in [0.05, 0.1) is 13.2 Å². The fourth-order valence-corrected chi connectivity index (χ4v) is 3.23. The third-order valence-corrected chi connectivity index (χ3v) is 4.68. The molecule has 1 N–H and O–H groups in total. The summed E-state index contributed by atoms with van der Waals surface area (Å²) in [6, 6.07) is 6.45. The number of halogens is 1. The number of rotatable bonds is 5. The van der Waals surface area contributed by atoms with Crippen molar-refractivity contribution in [2.45, 2.75) is 31.5 Å². The number of likely N-dealkylation sites (tertiary alicyclic amines) is 1. The Morgan fingerprint density at radius 2 is 1.84 bits per heavy atom. The smallest absolute Gasteiger partial charge is 0.232 e. The molecule has 0 atom stereocenters. The molecule has 2 aliphatic rings. The molecule has 2 amide bonds. The van der Waals surface area contributed by atoms with Gasteiger partial charge in [0, 0.05) is 32.5 Å². The molecule has 2 saturated heterocycles. The minimum Gasteiger partial charge on any atom is -0.355 e. The van der Waals surface area contributed by atoms with Crippen molar-refractivity contribution in [2.75, 3.05) is 32.8 Å². The molecule has 3 rings (SSSR count). The van der Waals surface area contributed by atoms with Gasteiger partial charge in [-0.2, -0.15) is 0 Å². The maximum atomic E-state index is 13.5. The second-order valence-corrected chi connectivity index (χ2v) is 6.36. The van der Waals surface area contributed by atoms with Crippen LogP contribution in [0.4, 0.5) is 4.39 Å². The Hall–Kier alpha value is -1.99. The van der Waals surface area contributed by atoms with Crippen molar-refractivity contribution in [3.8, 4) is 0 Å². The Morgan fingerprint density at radius 3 is 2.52 bits per heavy atom. The van der Waals surface area contributed by atoms with Crippen molar-refractivity contribution in [3.05, 3.63) is 35.6 Å². The van der Waals surface area contributed by atoms with Gasteiger partial charge >= 0.3 is 0 Å². The Morgan fingerprint density at radius 1 is 1.16 bits per heavy atom. The summed E-state index contributed by atoms with van der Waals surface area (Å²) in [5.41, 5.74) is 0.548. The third-order valence-electron chi connectivity index (χ3n) is 4.68. The monoisotopic (exact) mass is 350 g/mol. The first-order valence-electron chi connectivity index (χ1n) is 8.64. The molecule has 1 aromatic carbocycles. The Kier molecular flexibility index (Phi) is 5.65. The highest BCUT2D eigenvalue weighted by molar-refractivity contribution is 5.96. The molecule has 2 aliphatic heterocycles. The fraction of sp³-hybridized carbons (Fsp3) is 0.556. The van der Waals surface area contributed by atoms with E-state index in [0.29, 0.717) is 57.7 Å². The summed E-state index contributed by atoms with van der Waals surface area (Å²) in [7, 11) is 0. The van der Waals surface area contributed by atoms with Crippen LogP contribution in [0.1, 0.15) is 24.8 Å². The van der Waals surface area contributed by atoms with Crippen molar-refractivity contribution in [1.82, 2.24) is 10.2 Å². The topological polar surface area (TPSA) is 67.9 Å². The van der Waals surface area contributed by atoms with E-state index in [9.17, 15) is 14.0 Å². The molecule has 25 heavy (non-hydrogen) atoms. The van der Waals surface area contributed by atoms with Gasteiger partial charge in [0.15, 0.2) is 5.79 Å². The molecular weight excluding hydrogens is 327 g/mol. The zero-order chi connectivity index (χ0) is 17.7. The van der Waals surface area contributed by atoms with E-state index in [1.807, 2.05) is 0 Å². The van der Waals surface area contributed by atoms with Crippen molar-refractivity contribution in [1.29, 1.82) is 0 Å². The first-order chi connectivity index (χ1) is 12.1. The molecule has 2 heterocycles. The molecule has 0 aromatic heterocycles. The maximum Gasteiger partial charge on any atom is 0.232 e. The number of nitrogens with zero attached hydrogens (tertiary/aromatic N) is 1. The lowest BCUT2D eigenvalue weighted by Crippen LogP contribution is -2.48. The molecule has 6 nitrogen and oxygen atoms in total. The highest BCUT2D eigenvalue weighted by Crippen LogP contribution is 2.31. The predicted molar refractivity (Wildman–Crippen MR) is 88.2 cm³/mol. The number of hydrogen-bond acceptors (Lipinski definition) is 4. The normalized spacial score (nSPS) is 19.2. The van der Waals surface area contributed by atoms with E-state index in [1.54, 1.807) is 23.1 Å². The largest absolute Gasteiger partial charge is 0.355 e. The van der Waals surface area contributed by atoms with Crippen LogP contribution in [-0.2, 0) is 25.5 Å². The predicted octanol–water partition coefficient (Wildman–Crippen LogP) is 1.24. The summed E-state index contributed by atoms with van der Waals surface area (Å²) in [5.74, 6) is -1.35. The number of ether oxygens (including phenoxy) is 2. The second-order valence-electron chi connectivity index (χ2n) is 6.36. The summed E-state index contributed by atoms with van der Waals surface area (Å²) in [5, 5.41) is 2.67. The molecule has 1 spiro atoms. The number of hydrogen-bond donors (Lipinski definition) is 1. The highest BCUT2D eigenvalue weighted by atomic mass is 19.1. The number of carbonyl (C=O) groups is 2. The molecule has 0 bridgehead atoms. The van der Waals surface area contributed by atoms with E-state index in [2.05, 4.69) is 5.32 Å². The van der Waals surface area contributed by atoms with Gasteiger partial charge in [0.25, 0.3) is 0 Å². The van der Waals surface area contributed by atoms with Crippen LogP contribution in [0.5, 0.6) is 0 Å². The van der Waals surface area contributed by atoms with E-state index in [-0.39, 0.29) is 24.1 Å². The standard InChI is InChI=1S/C18H23FN2O4/c19-15-4-2-1-3-14(15)5-8-20-16(22)13-17(23)21-9-6-18(7-10-21)24-11-12-25-18/h1-4H,5-13H2,(H,20,22). The van der Waals surface area contributed by atoms with Crippen molar-refractivity contribution in [2.24, 2.45) is 0 Å². The van der Waals surface area contributed by atoms with Gasteiger partial charge in [-0.15, -0.1) is 0 Å². The van der Waals surface area contributed by atoms with Gasteiger partial charge in [-0.1, -0.05) is 18.2 Å². The van der Waals surface area contributed by atoms with E-state index in [4.69, 9.17) is 9.47 Å². The van der Waals surface area contributed by atoms with Crippen LogP contribution in [0.15, 0.2) is 24.3 Å². The maximum absolute atomic E-state index is 13.5. The van der Waals surface area contributed by atoms with Gasteiger partial charge in [0.1, 0.15) is 12.2 Å². The quantitative estimate of drug-likeness (QED) is 0.812. The van der Waals surface area contributed by atoms with Gasteiger partial charge < -0.3 is 19.7 Å². The zero-order valence-corrected chi connectivity index (χ0v) is 14.1. The van der Waals surface area contributed by atoms with Crippen LogP contribution in [0.3, 0.4) is 0 Å². The molecule has 0 unspecified atom stereocenters. The van der Waals surface area contributed by atoms with Crippen molar-refractivity contribution in [3.63, 3.8) is 0 Å².